The van der Waals surface area contributed by atoms with Gasteiger partial charge in [0.25, 0.3) is 5.91 Å². The predicted octanol–water partition coefficient (Wildman–Crippen LogP) is 5.25. The second-order valence-electron chi connectivity index (χ2n) is 7.84. The Hall–Kier alpha value is -4.39. The van der Waals surface area contributed by atoms with Crippen molar-refractivity contribution in [2.75, 3.05) is 5.32 Å². The van der Waals surface area contributed by atoms with Gasteiger partial charge in [-0.2, -0.15) is 5.10 Å². The number of rotatable bonds is 6. The van der Waals surface area contributed by atoms with Crippen LogP contribution < -0.4 is 5.32 Å². The molecule has 2 aromatic carbocycles. The molecule has 164 valence electrons. The second kappa shape index (κ2) is 8.63. The van der Waals surface area contributed by atoms with Crippen LogP contribution in [0.15, 0.2) is 89.7 Å². The van der Waals surface area contributed by atoms with E-state index < -0.39 is 0 Å². The molecule has 7 heteroatoms. The number of nitrogens with zero attached hydrogens (tertiary/aromatic N) is 4. The van der Waals surface area contributed by atoms with Crippen molar-refractivity contribution in [3.8, 4) is 17.1 Å². The lowest BCUT2D eigenvalue weighted by Crippen LogP contribution is -2.12. The summed E-state index contributed by atoms with van der Waals surface area (Å²) in [6.45, 7) is 4.57. The highest BCUT2D eigenvalue weighted by Gasteiger charge is 2.21. The van der Waals surface area contributed by atoms with E-state index in [1.54, 1.807) is 17.1 Å². The van der Waals surface area contributed by atoms with Crippen molar-refractivity contribution in [1.82, 2.24) is 19.3 Å². The summed E-state index contributed by atoms with van der Waals surface area (Å²) in [6.07, 6.45) is 5.47. The molecule has 0 atom stereocenters. The van der Waals surface area contributed by atoms with Gasteiger partial charge in [0, 0.05) is 30.8 Å². The molecule has 0 aliphatic carbocycles. The van der Waals surface area contributed by atoms with E-state index in [1.807, 2.05) is 86.8 Å². The molecule has 0 unspecified atom stereocenters. The summed E-state index contributed by atoms with van der Waals surface area (Å²) >= 11 is 0. The molecule has 0 aliphatic rings. The third-order valence-corrected chi connectivity index (χ3v) is 5.44. The van der Waals surface area contributed by atoms with E-state index in [0.29, 0.717) is 22.7 Å². The minimum absolute atomic E-state index is 0.251. The quantitative estimate of drug-likeness (QED) is 0.394. The number of benzene rings is 2. The maximum Gasteiger partial charge on any atom is 0.259 e. The zero-order valence-electron chi connectivity index (χ0n) is 18.4. The number of furan rings is 1. The lowest BCUT2D eigenvalue weighted by molar-refractivity contribution is 0.102. The van der Waals surface area contributed by atoms with Gasteiger partial charge in [-0.05, 0) is 55.8 Å². The van der Waals surface area contributed by atoms with Crippen LogP contribution in [0.3, 0.4) is 0 Å². The van der Waals surface area contributed by atoms with Crippen molar-refractivity contribution < 1.29 is 9.21 Å². The summed E-state index contributed by atoms with van der Waals surface area (Å²) < 4.78 is 9.54. The van der Waals surface area contributed by atoms with Gasteiger partial charge in [-0.1, -0.05) is 30.3 Å². The molecule has 7 nitrogen and oxygen atoms in total. The number of imidazole rings is 1. The molecule has 0 radical (unpaired) electrons. The fourth-order valence-electron chi connectivity index (χ4n) is 3.66. The van der Waals surface area contributed by atoms with Gasteiger partial charge in [0.15, 0.2) is 5.76 Å². The highest BCUT2D eigenvalue weighted by atomic mass is 16.3. The molecule has 0 saturated carbocycles. The summed E-state index contributed by atoms with van der Waals surface area (Å²) in [5.41, 5.74) is 3.63. The van der Waals surface area contributed by atoms with E-state index in [0.717, 1.165) is 29.4 Å². The van der Waals surface area contributed by atoms with Crippen LogP contribution in [0.2, 0.25) is 0 Å². The Morgan fingerprint density at radius 1 is 1.00 bits per heavy atom. The van der Waals surface area contributed by atoms with Crippen LogP contribution in [0.4, 0.5) is 5.69 Å². The number of aryl methyl sites for hydroxylation is 2. The molecule has 0 aliphatic heterocycles. The summed E-state index contributed by atoms with van der Waals surface area (Å²) in [5, 5.41) is 7.63. The van der Waals surface area contributed by atoms with E-state index in [9.17, 15) is 4.79 Å². The van der Waals surface area contributed by atoms with Crippen LogP contribution in [-0.4, -0.2) is 25.2 Å². The van der Waals surface area contributed by atoms with Crippen LogP contribution in [-0.2, 0) is 6.54 Å². The molecule has 0 fully saturated rings. The molecule has 3 aromatic heterocycles. The molecule has 1 amide bonds. The van der Waals surface area contributed by atoms with Crippen molar-refractivity contribution in [3.63, 3.8) is 0 Å². The SMILES string of the molecule is Cc1ccc(-c2nn(-c3ccccc3)cc2C(=O)Nc2ccc(Cn3ccnc3C)cc2)o1. The molecule has 5 aromatic rings. The van der Waals surface area contributed by atoms with Crippen LogP contribution in [0, 0.1) is 13.8 Å². The van der Waals surface area contributed by atoms with Gasteiger partial charge in [0.1, 0.15) is 17.3 Å². The number of hydrogen-bond acceptors (Lipinski definition) is 4. The van der Waals surface area contributed by atoms with Crippen molar-refractivity contribution in [1.29, 1.82) is 0 Å². The lowest BCUT2D eigenvalue weighted by Gasteiger charge is -2.08. The third-order valence-electron chi connectivity index (χ3n) is 5.44. The molecular weight excluding hydrogens is 414 g/mol. The Labute approximate surface area is 191 Å². The van der Waals surface area contributed by atoms with Crippen molar-refractivity contribution in [2.45, 2.75) is 20.4 Å². The molecule has 0 spiro atoms. The number of carbonyl (C=O) groups is 1. The summed E-state index contributed by atoms with van der Waals surface area (Å²) in [6, 6.07) is 21.2. The first-order valence-corrected chi connectivity index (χ1v) is 10.7. The van der Waals surface area contributed by atoms with E-state index in [2.05, 4.69) is 20.0 Å². The summed E-state index contributed by atoms with van der Waals surface area (Å²) in [7, 11) is 0. The second-order valence-corrected chi connectivity index (χ2v) is 7.84. The topological polar surface area (TPSA) is 77.9 Å². The zero-order chi connectivity index (χ0) is 22.8. The van der Waals surface area contributed by atoms with Crippen molar-refractivity contribution >= 4 is 11.6 Å². The van der Waals surface area contributed by atoms with Crippen molar-refractivity contribution in [3.05, 3.63) is 108 Å². The number of nitrogens with one attached hydrogen (secondary N) is 1. The Balaban J connectivity index is 1.40. The molecule has 0 saturated heterocycles. The monoisotopic (exact) mass is 437 g/mol. The van der Waals surface area contributed by atoms with Crippen LogP contribution >= 0.6 is 0 Å². The molecule has 33 heavy (non-hydrogen) atoms. The highest BCUT2D eigenvalue weighted by Crippen LogP contribution is 2.26. The number of anilines is 1. The van der Waals surface area contributed by atoms with E-state index in [-0.39, 0.29) is 5.91 Å². The zero-order valence-corrected chi connectivity index (χ0v) is 18.4. The number of aromatic nitrogens is 4. The average molecular weight is 438 g/mol. The molecule has 3 heterocycles. The molecule has 5 rings (SSSR count). The standard InChI is InChI=1S/C26H23N5O2/c1-18-8-13-24(33-18)25-23(17-31(29-25)22-6-4-3-5-7-22)26(32)28-21-11-9-20(10-12-21)16-30-15-14-27-19(30)2/h3-15,17H,16H2,1-2H3,(H,28,32). The van der Waals surface area contributed by atoms with Gasteiger partial charge in [-0.25, -0.2) is 9.67 Å². The number of carbonyl (C=O) groups excluding carboxylic acids is 1. The first-order chi connectivity index (χ1) is 16.1. The van der Waals surface area contributed by atoms with E-state index in [1.165, 1.54) is 0 Å². The van der Waals surface area contributed by atoms with Crippen LogP contribution in [0.25, 0.3) is 17.1 Å². The predicted molar refractivity (Wildman–Crippen MR) is 126 cm³/mol. The van der Waals surface area contributed by atoms with Crippen LogP contribution in [0.1, 0.15) is 27.5 Å². The number of hydrogen-bond donors (Lipinski definition) is 1. The molecular formula is C26H23N5O2. The molecule has 0 bridgehead atoms. The van der Waals surface area contributed by atoms with Gasteiger partial charge in [-0.15, -0.1) is 0 Å². The fraction of sp³-hybridized carbons (Fsp3) is 0.115. The van der Waals surface area contributed by atoms with Gasteiger partial charge < -0.3 is 14.3 Å². The Morgan fingerprint density at radius 3 is 2.45 bits per heavy atom. The van der Waals surface area contributed by atoms with Gasteiger partial charge >= 0.3 is 0 Å². The third kappa shape index (κ3) is 4.34. The Kier molecular flexibility index (Phi) is 5.36. The lowest BCUT2D eigenvalue weighted by atomic mass is 10.1. The maximum atomic E-state index is 13.2. The van der Waals surface area contributed by atoms with E-state index >= 15 is 0 Å². The smallest absolute Gasteiger partial charge is 0.259 e. The largest absolute Gasteiger partial charge is 0.460 e. The minimum Gasteiger partial charge on any atom is -0.460 e. The number of amides is 1. The van der Waals surface area contributed by atoms with E-state index in [4.69, 9.17) is 4.42 Å². The highest BCUT2D eigenvalue weighted by molar-refractivity contribution is 6.07. The first-order valence-electron chi connectivity index (χ1n) is 10.7. The summed E-state index contributed by atoms with van der Waals surface area (Å²) in [5.74, 6) is 2.02. The first kappa shape index (κ1) is 20.5. The molecule has 1 N–H and O–H groups in total. The summed E-state index contributed by atoms with van der Waals surface area (Å²) in [4.78, 5) is 17.5. The Morgan fingerprint density at radius 2 is 1.79 bits per heavy atom. The fourth-order valence-corrected chi connectivity index (χ4v) is 3.66. The maximum absolute atomic E-state index is 13.2. The Bertz CT molecular complexity index is 1390. The number of para-hydroxylation sites is 1. The van der Waals surface area contributed by atoms with Crippen LogP contribution in [0.5, 0.6) is 0 Å². The van der Waals surface area contributed by atoms with Gasteiger partial charge in [0.05, 0.1) is 11.3 Å². The van der Waals surface area contributed by atoms with Crippen molar-refractivity contribution in [2.24, 2.45) is 0 Å². The van der Waals surface area contributed by atoms with Gasteiger partial charge in [0.2, 0.25) is 0 Å². The average Bonchev–Trinajstić information content (AvgIpc) is 3.56. The van der Waals surface area contributed by atoms with Gasteiger partial charge in [-0.3, -0.25) is 4.79 Å². The normalized spacial score (nSPS) is 11.0. The minimum atomic E-state index is -0.251.